The van der Waals surface area contributed by atoms with Crippen LogP contribution in [-0.2, 0) is 4.79 Å². The summed E-state index contributed by atoms with van der Waals surface area (Å²) in [6.07, 6.45) is 7.58. The van der Waals surface area contributed by atoms with Gasteiger partial charge in [0, 0.05) is 18.5 Å². The fourth-order valence-electron chi connectivity index (χ4n) is 3.83. The highest BCUT2D eigenvalue weighted by molar-refractivity contribution is 5.92. The lowest BCUT2D eigenvalue weighted by atomic mass is 9.89. The van der Waals surface area contributed by atoms with E-state index in [1.807, 2.05) is 24.3 Å². The molecule has 0 saturated carbocycles. The molecule has 2 atom stereocenters. The summed E-state index contributed by atoms with van der Waals surface area (Å²) < 4.78 is 5.79. The third kappa shape index (κ3) is 4.47. The van der Waals surface area contributed by atoms with E-state index in [-0.39, 0.29) is 5.91 Å². The first-order valence-corrected chi connectivity index (χ1v) is 9.02. The Morgan fingerprint density at radius 3 is 2.74 bits per heavy atom. The SMILES string of the molecule is CCCCOc1ccccc1NC(=O)CC1CC2CCC(C1)N2. The van der Waals surface area contributed by atoms with E-state index >= 15 is 0 Å². The molecule has 0 spiro atoms. The van der Waals surface area contributed by atoms with Crippen molar-refractivity contribution < 1.29 is 9.53 Å². The Morgan fingerprint density at radius 1 is 1.26 bits per heavy atom. The minimum Gasteiger partial charge on any atom is -0.491 e. The van der Waals surface area contributed by atoms with Gasteiger partial charge in [-0.25, -0.2) is 0 Å². The van der Waals surface area contributed by atoms with Crippen LogP contribution in [0.5, 0.6) is 5.75 Å². The Balaban J connectivity index is 1.53. The van der Waals surface area contributed by atoms with E-state index in [0.29, 0.717) is 31.0 Å². The second-order valence-electron chi connectivity index (χ2n) is 6.93. The second-order valence-corrected chi connectivity index (χ2v) is 6.93. The maximum atomic E-state index is 12.4. The van der Waals surface area contributed by atoms with Crippen LogP contribution in [0.2, 0.25) is 0 Å². The molecule has 1 amide bonds. The van der Waals surface area contributed by atoms with Crippen LogP contribution in [0.1, 0.15) is 51.9 Å². The zero-order chi connectivity index (χ0) is 16.1. The Hall–Kier alpha value is -1.55. The van der Waals surface area contributed by atoms with Crippen LogP contribution in [0.15, 0.2) is 24.3 Å². The molecule has 1 aromatic carbocycles. The standard InChI is InChI=1S/C19H28N2O2/c1-2-3-10-23-18-7-5-4-6-17(18)21-19(22)13-14-11-15-8-9-16(12-14)20-15/h4-7,14-16,20H,2-3,8-13H2,1H3,(H,21,22). The van der Waals surface area contributed by atoms with Crippen molar-refractivity contribution in [3.05, 3.63) is 24.3 Å². The minimum atomic E-state index is 0.114. The first-order valence-electron chi connectivity index (χ1n) is 9.02. The number of carbonyl (C=O) groups excluding carboxylic acids is 1. The molecule has 0 radical (unpaired) electrons. The molecule has 2 aliphatic rings. The fraction of sp³-hybridized carbons (Fsp3) is 0.632. The molecule has 2 heterocycles. The molecule has 126 valence electrons. The van der Waals surface area contributed by atoms with Crippen LogP contribution >= 0.6 is 0 Å². The smallest absolute Gasteiger partial charge is 0.224 e. The van der Waals surface area contributed by atoms with Crippen LogP contribution in [-0.4, -0.2) is 24.6 Å². The van der Waals surface area contributed by atoms with E-state index in [2.05, 4.69) is 17.6 Å². The third-order valence-electron chi connectivity index (χ3n) is 4.96. The quantitative estimate of drug-likeness (QED) is 0.754. The van der Waals surface area contributed by atoms with Crippen molar-refractivity contribution in [1.29, 1.82) is 0 Å². The molecule has 0 aromatic heterocycles. The summed E-state index contributed by atoms with van der Waals surface area (Å²) in [5.74, 6) is 1.41. The van der Waals surface area contributed by atoms with Crippen molar-refractivity contribution in [2.75, 3.05) is 11.9 Å². The summed E-state index contributed by atoms with van der Waals surface area (Å²) in [5, 5.41) is 6.68. The summed E-state index contributed by atoms with van der Waals surface area (Å²) in [5.41, 5.74) is 0.797. The van der Waals surface area contributed by atoms with Crippen molar-refractivity contribution in [1.82, 2.24) is 5.32 Å². The zero-order valence-electron chi connectivity index (χ0n) is 14.0. The van der Waals surface area contributed by atoms with Gasteiger partial charge in [0.25, 0.3) is 0 Å². The number of rotatable bonds is 7. The number of nitrogens with one attached hydrogen (secondary N) is 2. The first-order chi connectivity index (χ1) is 11.2. The highest BCUT2D eigenvalue weighted by atomic mass is 16.5. The molecule has 2 N–H and O–H groups in total. The molecular formula is C19H28N2O2. The lowest BCUT2D eigenvalue weighted by molar-refractivity contribution is -0.117. The van der Waals surface area contributed by atoms with E-state index in [4.69, 9.17) is 4.74 Å². The Kier molecular flexibility index (Phi) is 5.55. The number of benzene rings is 1. The van der Waals surface area contributed by atoms with Gasteiger partial charge in [-0.2, -0.15) is 0 Å². The Labute approximate surface area is 139 Å². The number of amides is 1. The van der Waals surface area contributed by atoms with Gasteiger partial charge < -0.3 is 15.4 Å². The van der Waals surface area contributed by atoms with Crippen LogP contribution in [0.4, 0.5) is 5.69 Å². The van der Waals surface area contributed by atoms with Gasteiger partial charge in [0.05, 0.1) is 12.3 Å². The van der Waals surface area contributed by atoms with Gasteiger partial charge in [0.1, 0.15) is 5.75 Å². The molecule has 2 aliphatic heterocycles. The van der Waals surface area contributed by atoms with Crippen LogP contribution in [0, 0.1) is 5.92 Å². The van der Waals surface area contributed by atoms with Crippen LogP contribution < -0.4 is 15.4 Å². The van der Waals surface area contributed by atoms with Crippen LogP contribution in [0.25, 0.3) is 0 Å². The lowest BCUT2D eigenvalue weighted by Gasteiger charge is -2.28. The van der Waals surface area contributed by atoms with E-state index in [1.54, 1.807) is 0 Å². The Morgan fingerprint density at radius 2 is 2.00 bits per heavy atom. The summed E-state index contributed by atoms with van der Waals surface area (Å²) in [6.45, 7) is 2.84. The molecule has 0 aliphatic carbocycles. The van der Waals surface area contributed by atoms with Gasteiger partial charge in [-0.1, -0.05) is 25.5 Å². The van der Waals surface area contributed by atoms with Crippen molar-refractivity contribution >= 4 is 11.6 Å². The highest BCUT2D eigenvalue weighted by Crippen LogP contribution is 2.33. The van der Waals surface area contributed by atoms with E-state index in [0.717, 1.165) is 37.1 Å². The van der Waals surface area contributed by atoms with Gasteiger partial charge in [0.15, 0.2) is 0 Å². The first kappa shape index (κ1) is 16.3. The zero-order valence-corrected chi connectivity index (χ0v) is 14.0. The predicted octanol–water partition coefficient (Wildman–Crippen LogP) is 3.72. The molecule has 2 saturated heterocycles. The number of anilines is 1. The maximum absolute atomic E-state index is 12.4. The fourth-order valence-corrected chi connectivity index (χ4v) is 3.83. The number of carbonyl (C=O) groups is 1. The van der Waals surface area contributed by atoms with E-state index in [9.17, 15) is 4.79 Å². The lowest BCUT2D eigenvalue weighted by Crippen LogP contribution is -2.39. The largest absolute Gasteiger partial charge is 0.491 e. The third-order valence-corrected chi connectivity index (χ3v) is 4.96. The molecule has 2 bridgehead atoms. The summed E-state index contributed by atoms with van der Waals surface area (Å²) >= 11 is 0. The number of fused-ring (bicyclic) bond motifs is 2. The van der Waals surface area contributed by atoms with Crippen molar-refractivity contribution in [2.45, 2.75) is 64.0 Å². The van der Waals surface area contributed by atoms with Crippen LogP contribution in [0.3, 0.4) is 0 Å². The summed E-state index contributed by atoms with van der Waals surface area (Å²) in [7, 11) is 0. The van der Waals surface area contributed by atoms with Gasteiger partial charge >= 0.3 is 0 Å². The molecule has 4 heteroatoms. The molecule has 4 nitrogen and oxygen atoms in total. The molecule has 1 aromatic rings. The van der Waals surface area contributed by atoms with Crippen molar-refractivity contribution in [3.63, 3.8) is 0 Å². The molecule has 3 rings (SSSR count). The van der Waals surface area contributed by atoms with Gasteiger partial charge in [0.2, 0.25) is 5.91 Å². The molecular weight excluding hydrogens is 288 g/mol. The molecule has 2 unspecified atom stereocenters. The average Bonchev–Trinajstić information content (AvgIpc) is 2.88. The highest BCUT2D eigenvalue weighted by Gasteiger charge is 2.34. The second kappa shape index (κ2) is 7.82. The van der Waals surface area contributed by atoms with E-state index in [1.165, 1.54) is 12.8 Å². The van der Waals surface area contributed by atoms with Gasteiger partial charge in [-0.15, -0.1) is 0 Å². The Bertz CT molecular complexity index is 520. The number of piperidine rings is 1. The maximum Gasteiger partial charge on any atom is 0.224 e. The summed E-state index contributed by atoms with van der Waals surface area (Å²) in [6, 6.07) is 9.00. The minimum absolute atomic E-state index is 0.114. The van der Waals surface area contributed by atoms with E-state index < -0.39 is 0 Å². The predicted molar refractivity (Wildman–Crippen MR) is 92.8 cm³/mol. The average molecular weight is 316 g/mol. The molecule has 23 heavy (non-hydrogen) atoms. The normalized spacial score (nSPS) is 26.0. The summed E-state index contributed by atoms with van der Waals surface area (Å²) in [4.78, 5) is 12.4. The van der Waals surface area contributed by atoms with Gasteiger partial charge in [-0.05, 0) is 50.2 Å². The van der Waals surface area contributed by atoms with Gasteiger partial charge in [-0.3, -0.25) is 4.79 Å². The molecule has 2 fully saturated rings. The number of para-hydroxylation sites is 2. The monoisotopic (exact) mass is 316 g/mol. The van der Waals surface area contributed by atoms with Crippen molar-refractivity contribution in [2.24, 2.45) is 5.92 Å². The number of unbranched alkanes of at least 4 members (excludes halogenated alkanes) is 1. The number of hydrogen-bond donors (Lipinski definition) is 2. The topological polar surface area (TPSA) is 50.4 Å². The number of ether oxygens (including phenoxy) is 1. The number of hydrogen-bond acceptors (Lipinski definition) is 3. The van der Waals surface area contributed by atoms with Crippen molar-refractivity contribution in [3.8, 4) is 5.75 Å².